The Bertz CT molecular complexity index is 473. The first kappa shape index (κ1) is 16.1. The minimum absolute atomic E-state index is 0.0223. The first-order valence-electron chi connectivity index (χ1n) is 6.57. The molecule has 0 aliphatic heterocycles. The fraction of sp³-hybridized carbons (Fsp3) is 0.571. The summed E-state index contributed by atoms with van der Waals surface area (Å²) in [6.45, 7) is 3.71. The van der Waals surface area contributed by atoms with Gasteiger partial charge in [-0.15, -0.1) is 0 Å². The molecule has 0 saturated heterocycles. The van der Waals surface area contributed by atoms with Gasteiger partial charge in [-0.05, 0) is 31.7 Å². The highest BCUT2D eigenvalue weighted by Gasteiger charge is 2.27. The van der Waals surface area contributed by atoms with Gasteiger partial charge in [0.15, 0.2) is 0 Å². The highest BCUT2D eigenvalue weighted by atomic mass is 32.2. The molecule has 0 aromatic heterocycles. The van der Waals surface area contributed by atoms with Crippen molar-refractivity contribution in [1.29, 1.82) is 0 Å². The first-order valence-corrected chi connectivity index (χ1v) is 8.22. The van der Waals surface area contributed by atoms with Gasteiger partial charge in [0.1, 0.15) is 0 Å². The second-order valence-electron chi connectivity index (χ2n) is 5.04. The summed E-state index contributed by atoms with van der Waals surface area (Å²) in [6.07, 6.45) is 1.57. The molecule has 1 aromatic rings. The monoisotopic (exact) mass is 285 g/mol. The summed E-state index contributed by atoms with van der Waals surface area (Å²) in [6, 6.07) is 9.55. The van der Waals surface area contributed by atoms with E-state index in [-0.39, 0.29) is 12.4 Å². The lowest BCUT2D eigenvalue weighted by molar-refractivity contribution is 0.233. The Balaban J connectivity index is 2.61. The fourth-order valence-electron chi connectivity index (χ4n) is 1.87. The number of hydrogen-bond acceptors (Lipinski definition) is 3. The van der Waals surface area contributed by atoms with Crippen LogP contribution >= 0.6 is 0 Å². The van der Waals surface area contributed by atoms with E-state index in [2.05, 4.69) is 4.72 Å². The Kier molecular flexibility index (Phi) is 5.97. The summed E-state index contributed by atoms with van der Waals surface area (Å²) in [4.78, 5) is 0. The largest absolute Gasteiger partial charge is 0.396 e. The van der Waals surface area contributed by atoms with E-state index in [1.54, 1.807) is 0 Å². The van der Waals surface area contributed by atoms with Crippen LogP contribution in [0.3, 0.4) is 0 Å². The van der Waals surface area contributed by atoms with E-state index in [9.17, 15) is 8.42 Å². The lowest BCUT2D eigenvalue weighted by Crippen LogP contribution is -2.47. The number of benzene rings is 1. The third-order valence-corrected chi connectivity index (χ3v) is 4.89. The van der Waals surface area contributed by atoms with Crippen LogP contribution < -0.4 is 4.72 Å². The van der Waals surface area contributed by atoms with Crippen molar-refractivity contribution in [3.8, 4) is 0 Å². The predicted octanol–water partition coefficient (Wildman–Crippen LogP) is 1.70. The van der Waals surface area contributed by atoms with Crippen LogP contribution in [-0.4, -0.2) is 31.4 Å². The van der Waals surface area contributed by atoms with Crippen LogP contribution in [0.1, 0.15) is 32.3 Å². The Morgan fingerprint density at radius 3 is 2.42 bits per heavy atom. The molecule has 0 fully saturated rings. The summed E-state index contributed by atoms with van der Waals surface area (Å²) in [5.74, 6) is 0.0675. The predicted molar refractivity (Wildman–Crippen MR) is 77.5 cm³/mol. The van der Waals surface area contributed by atoms with Crippen molar-refractivity contribution < 1.29 is 13.5 Å². The minimum Gasteiger partial charge on any atom is -0.396 e. The van der Waals surface area contributed by atoms with E-state index in [0.717, 1.165) is 5.56 Å². The second kappa shape index (κ2) is 7.03. The highest BCUT2D eigenvalue weighted by Crippen LogP contribution is 2.15. The Hall–Kier alpha value is -0.910. The number of nitrogens with one attached hydrogen (secondary N) is 1. The summed E-state index contributed by atoms with van der Waals surface area (Å²) < 4.78 is 26.8. The molecule has 5 heteroatoms. The molecular formula is C14H23NO3S. The van der Waals surface area contributed by atoms with Crippen LogP contribution in [0.15, 0.2) is 30.3 Å². The molecule has 0 radical (unpaired) electrons. The standard InChI is InChI=1S/C14H23NO3S/c1-3-14(2,10-11-16)15-19(17,18)12-9-13-7-5-4-6-8-13/h4-8,15-16H,3,9-12H2,1-2H3. The molecule has 0 spiro atoms. The number of sulfonamides is 1. The molecule has 0 saturated carbocycles. The summed E-state index contributed by atoms with van der Waals surface area (Å²) in [5, 5.41) is 9.00. The van der Waals surface area contributed by atoms with E-state index in [0.29, 0.717) is 19.3 Å². The van der Waals surface area contributed by atoms with Gasteiger partial charge in [0.25, 0.3) is 0 Å². The summed E-state index contributed by atoms with van der Waals surface area (Å²) in [5.41, 5.74) is 0.442. The molecule has 1 aromatic carbocycles. The smallest absolute Gasteiger partial charge is 0.212 e. The maximum Gasteiger partial charge on any atom is 0.212 e. The van der Waals surface area contributed by atoms with Crippen molar-refractivity contribution >= 4 is 10.0 Å². The van der Waals surface area contributed by atoms with Gasteiger partial charge in [-0.2, -0.15) is 0 Å². The van der Waals surface area contributed by atoms with Gasteiger partial charge in [-0.3, -0.25) is 0 Å². The van der Waals surface area contributed by atoms with Gasteiger partial charge in [0, 0.05) is 12.1 Å². The molecule has 2 N–H and O–H groups in total. The van der Waals surface area contributed by atoms with E-state index >= 15 is 0 Å². The third kappa shape index (κ3) is 5.72. The van der Waals surface area contributed by atoms with Gasteiger partial charge in [-0.1, -0.05) is 37.3 Å². The van der Waals surface area contributed by atoms with Gasteiger partial charge in [0.05, 0.1) is 5.75 Å². The van der Waals surface area contributed by atoms with Crippen LogP contribution in [-0.2, 0) is 16.4 Å². The average molecular weight is 285 g/mol. The Morgan fingerprint density at radius 1 is 1.26 bits per heavy atom. The average Bonchev–Trinajstić information content (AvgIpc) is 2.37. The quantitative estimate of drug-likeness (QED) is 0.764. The Morgan fingerprint density at radius 2 is 1.89 bits per heavy atom. The molecule has 0 bridgehead atoms. The minimum atomic E-state index is -3.33. The summed E-state index contributed by atoms with van der Waals surface area (Å²) in [7, 11) is -3.33. The van der Waals surface area contributed by atoms with Crippen LogP contribution in [0.25, 0.3) is 0 Å². The maximum absolute atomic E-state index is 12.1. The number of rotatable bonds is 8. The van der Waals surface area contributed by atoms with Crippen LogP contribution in [0.2, 0.25) is 0 Å². The van der Waals surface area contributed by atoms with Crippen molar-refractivity contribution in [3.63, 3.8) is 0 Å². The zero-order valence-electron chi connectivity index (χ0n) is 11.6. The first-order chi connectivity index (χ1) is 8.91. The molecule has 108 valence electrons. The third-order valence-electron chi connectivity index (χ3n) is 3.35. The lowest BCUT2D eigenvalue weighted by Gasteiger charge is -2.28. The fourth-order valence-corrected chi connectivity index (χ4v) is 3.47. The summed E-state index contributed by atoms with van der Waals surface area (Å²) >= 11 is 0. The SMILES string of the molecule is CCC(C)(CCO)NS(=O)(=O)CCc1ccccc1. The molecule has 4 nitrogen and oxygen atoms in total. The van der Waals surface area contributed by atoms with Crippen molar-refractivity contribution in [2.75, 3.05) is 12.4 Å². The zero-order chi connectivity index (χ0) is 14.4. The van der Waals surface area contributed by atoms with Gasteiger partial charge in [-0.25, -0.2) is 13.1 Å². The van der Waals surface area contributed by atoms with E-state index in [1.807, 2.05) is 44.2 Å². The number of aliphatic hydroxyl groups excluding tert-OH is 1. The molecule has 1 atom stereocenters. The molecule has 0 aliphatic rings. The molecule has 0 heterocycles. The van der Waals surface area contributed by atoms with Gasteiger partial charge < -0.3 is 5.11 Å². The topological polar surface area (TPSA) is 66.4 Å². The van der Waals surface area contributed by atoms with Crippen molar-refractivity contribution in [2.24, 2.45) is 0 Å². The number of aryl methyl sites for hydroxylation is 1. The van der Waals surface area contributed by atoms with Gasteiger partial charge in [0.2, 0.25) is 10.0 Å². The van der Waals surface area contributed by atoms with Crippen LogP contribution in [0, 0.1) is 0 Å². The van der Waals surface area contributed by atoms with Crippen molar-refractivity contribution in [3.05, 3.63) is 35.9 Å². The van der Waals surface area contributed by atoms with Crippen molar-refractivity contribution in [2.45, 2.75) is 38.6 Å². The highest BCUT2D eigenvalue weighted by molar-refractivity contribution is 7.89. The van der Waals surface area contributed by atoms with Crippen LogP contribution in [0.4, 0.5) is 0 Å². The number of hydrogen-bond donors (Lipinski definition) is 2. The van der Waals surface area contributed by atoms with Crippen molar-refractivity contribution in [1.82, 2.24) is 4.72 Å². The zero-order valence-corrected chi connectivity index (χ0v) is 12.4. The second-order valence-corrected chi connectivity index (χ2v) is 6.89. The molecular weight excluding hydrogens is 262 g/mol. The molecule has 19 heavy (non-hydrogen) atoms. The molecule has 0 amide bonds. The van der Waals surface area contributed by atoms with E-state index < -0.39 is 15.6 Å². The van der Waals surface area contributed by atoms with E-state index in [4.69, 9.17) is 5.11 Å². The van der Waals surface area contributed by atoms with E-state index in [1.165, 1.54) is 0 Å². The van der Waals surface area contributed by atoms with Crippen LogP contribution in [0.5, 0.6) is 0 Å². The normalized spacial score (nSPS) is 15.1. The Labute approximate surface area is 115 Å². The molecule has 0 aliphatic carbocycles. The molecule has 1 rings (SSSR count). The molecule has 1 unspecified atom stereocenters. The number of aliphatic hydroxyl groups is 1. The van der Waals surface area contributed by atoms with Gasteiger partial charge >= 0.3 is 0 Å². The lowest BCUT2D eigenvalue weighted by atomic mass is 9.97. The maximum atomic E-state index is 12.1.